The molecule has 0 saturated heterocycles. The monoisotopic (exact) mass is 232 g/mol. The SMILES string of the molecule is C=CC(=O)Oc1ccc(CCCCCC)cc1. The summed E-state index contributed by atoms with van der Waals surface area (Å²) in [6.07, 6.45) is 7.32. The molecule has 0 fully saturated rings. The number of rotatable bonds is 7. The van der Waals surface area contributed by atoms with E-state index < -0.39 is 5.97 Å². The highest BCUT2D eigenvalue weighted by molar-refractivity contribution is 5.83. The molecule has 0 aromatic heterocycles. The van der Waals surface area contributed by atoms with Crippen LogP contribution in [0.3, 0.4) is 0 Å². The Hall–Kier alpha value is -1.57. The standard InChI is InChI=1S/C15H20O2/c1-3-5-6-7-8-13-9-11-14(12-10-13)17-15(16)4-2/h4,9-12H,2-3,5-8H2,1H3. The molecule has 0 aliphatic heterocycles. The van der Waals surface area contributed by atoms with Crippen LogP contribution in [0, 0.1) is 0 Å². The van der Waals surface area contributed by atoms with E-state index in [2.05, 4.69) is 13.5 Å². The number of carbonyl (C=O) groups is 1. The van der Waals surface area contributed by atoms with Crippen molar-refractivity contribution in [3.8, 4) is 5.75 Å². The van der Waals surface area contributed by atoms with E-state index in [9.17, 15) is 4.79 Å². The number of hydrogen-bond acceptors (Lipinski definition) is 2. The van der Waals surface area contributed by atoms with Crippen molar-refractivity contribution in [2.45, 2.75) is 39.0 Å². The van der Waals surface area contributed by atoms with Crippen LogP contribution in [-0.2, 0) is 11.2 Å². The van der Waals surface area contributed by atoms with Crippen LogP contribution in [0.1, 0.15) is 38.2 Å². The first-order valence-corrected chi connectivity index (χ1v) is 6.19. The summed E-state index contributed by atoms with van der Waals surface area (Å²) in [6.45, 7) is 5.57. The van der Waals surface area contributed by atoms with E-state index in [0.29, 0.717) is 5.75 Å². The molecule has 0 amide bonds. The van der Waals surface area contributed by atoms with Gasteiger partial charge in [0.05, 0.1) is 0 Å². The minimum absolute atomic E-state index is 0.416. The second kappa shape index (κ2) is 7.66. The Morgan fingerprint density at radius 3 is 2.53 bits per heavy atom. The second-order valence-electron chi connectivity index (χ2n) is 4.08. The van der Waals surface area contributed by atoms with Gasteiger partial charge in [-0.25, -0.2) is 4.79 Å². The third-order valence-electron chi connectivity index (χ3n) is 2.63. The van der Waals surface area contributed by atoms with Crippen molar-refractivity contribution >= 4 is 5.97 Å². The largest absolute Gasteiger partial charge is 0.423 e. The summed E-state index contributed by atoms with van der Waals surface area (Å²) in [5.41, 5.74) is 1.29. The molecule has 0 spiro atoms. The van der Waals surface area contributed by atoms with Crippen molar-refractivity contribution in [1.29, 1.82) is 0 Å². The van der Waals surface area contributed by atoms with Gasteiger partial charge in [-0.05, 0) is 30.5 Å². The molecule has 2 heteroatoms. The first kappa shape index (κ1) is 13.5. The summed E-state index contributed by atoms with van der Waals surface area (Å²) in [6, 6.07) is 7.68. The summed E-state index contributed by atoms with van der Waals surface area (Å²) in [5.74, 6) is 0.160. The molecule has 0 atom stereocenters. The molecule has 2 nitrogen and oxygen atoms in total. The quantitative estimate of drug-likeness (QED) is 0.308. The van der Waals surface area contributed by atoms with Crippen LogP contribution in [-0.4, -0.2) is 5.97 Å². The molecule has 0 bridgehead atoms. The van der Waals surface area contributed by atoms with Crippen molar-refractivity contribution in [3.63, 3.8) is 0 Å². The van der Waals surface area contributed by atoms with Gasteiger partial charge in [0.2, 0.25) is 0 Å². The summed E-state index contributed by atoms with van der Waals surface area (Å²) in [7, 11) is 0. The van der Waals surface area contributed by atoms with E-state index in [0.717, 1.165) is 6.42 Å². The van der Waals surface area contributed by atoms with E-state index in [1.165, 1.54) is 37.3 Å². The van der Waals surface area contributed by atoms with E-state index in [4.69, 9.17) is 4.74 Å². The van der Waals surface area contributed by atoms with Crippen LogP contribution in [0.25, 0.3) is 0 Å². The van der Waals surface area contributed by atoms with Crippen LogP contribution in [0.2, 0.25) is 0 Å². The van der Waals surface area contributed by atoms with Gasteiger partial charge in [-0.1, -0.05) is 44.9 Å². The number of aryl methyl sites for hydroxylation is 1. The van der Waals surface area contributed by atoms with Gasteiger partial charge in [0.15, 0.2) is 0 Å². The summed E-state index contributed by atoms with van der Waals surface area (Å²) >= 11 is 0. The smallest absolute Gasteiger partial charge is 0.335 e. The fourth-order valence-electron chi connectivity index (χ4n) is 1.64. The van der Waals surface area contributed by atoms with Crippen LogP contribution in [0.4, 0.5) is 0 Å². The summed E-state index contributed by atoms with van der Waals surface area (Å²) < 4.78 is 5.00. The van der Waals surface area contributed by atoms with Crippen LogP contribution in [0.15, 0.2) is 36.9 Å². The molecular formula is C15H20O2. The third kappa shape index (κ3) is 5.34. The zero-order chi connectivity index (χ0) is 12.5. The molecule has 0 radical (unpaired) electrons. The minimum atomic E-state index is -0.416. The lowest BCUT2D eigenvalue weighted by atomic mass is 10.1. The number of carbonyl (C=O) groups excluding carboxylic acids is 1. The maximum atomic E-state index is 11.0. The molecule has 1 rings (SSSR count). The molecule has 92 valence electrons. The van der Waals surface area contributed by atoms with Crippen molar-refractivity contribution in [2.75, 3.05) is 0 Å². The normalized spacial score (nSPS) is 9.94. The zero-order valence-corrected chi connectivity index (χ0v) is 10.4. The van der Waals surface area contributed by atoms with Gasteiger partial charge in [-0.15, -0.1) is 0 Å². The first-order valence-electron chi connectivity index (χ1n) is 6.19. The lowest BCUT2D eigenvalue weighted by Crippen LogP contribution is -2.02. The van der Waals surface area contributed by atoms with Crippen molar-refractivity contribution in [2.24, 2.45) is 0 Å². The maximum absolute atomic E-state index is 11.0. The van der Waals surface area contributed by atoms with Gasteiger partial charge in [-0.2, -0.15) is 0 Å². The molecule has 0 unspecified atom stereocenters. The Morgan fingerprint density at radius 2 is 1.94 bits per heavy atom. The maximum Gasteiger partial charge on any atom is 0.335 e. The van der Waals surface area contributed by atoms with Crippen molar-refractivity contribution < 1.29 is 9.53 Å². The van der Waals surface area contributed by atoms with Crippen LogP contribution < -0.4 is 4.74 Å². The van der Waals surface area contributed by atoms with Gasteiger partial charge >= 0.3 is 5.97 Å². The number of benzene rings is 1. The first-order chi connectivity index (χ1) is 8.26. The van der Waals surface area contributed by atoms with Gasteiger partial charge in [-0.3, -0.25) is 0 Å². The molecule has 0 heterocycles. The Labute approximate surface area is 103 Å². The number of esters is 1. The highest BCUT2D eigenvalue weighted by Gasteiger charge is 1.99. The summed E-state index contributed by atoms with van der Waals surface area (Å²) in [5, 5.41) is 0. The van der Waals surface area contributed by atoms with Crippen LogP contribution in [0.5, 0.6) is 5.75 Å². The van der Waals surface area contributed by atoms with E-state index in [-0.39, 0.29) is 0 Å². The van der Waals surface area contributed by atoms with Gasteiger partial charge in [0, 0.05) is 6.08 Å². The average Bonchev–Trinajstić information content (AvgIpc) is 2.36. The lowest BCUT2D eigenvalue weighted by molar-refractivity contribution is -0.128. The molecule has 0 aliphatic rings. The highest BCUT2D eigenvalue weighted by atomic mass is 16.5. The predicted molar refractivity (Wildman–Crippen MR) is 70.1 cm³/mol. The zero-order valence-electron chi connectivity index (χ0n) is 10.4. The Balaban J connectivity index is 2.39. The van der Waals surface area contributed by atoms with E-state index >= 15 is 0 Å². The second-order valence-corrected chi connectivity index (χ2v) is 4.08. The molecular weight excluding hydrogens is 212 g/mol. The average molecular weight is 232 g/mol. The van der Waals surface area contributed by atoms with E-state index in [1.54, 1.807) is 0 Å². The fraction of sp³-hybridized carbons (Fsp3) is 0.400. The lowest BCUT2D eigenvalue weighted by Gasteiger charge is -2.04. The number of ether oxygens (including phenoxy) is 1. The Morgan fingerprint density at radius 1 is 1.24 bits per heavy atom. The molecule has 0 saturated carbocycles. The van der Waals surface area contributed by atoms with E-state index in [1.807, 2.05) is 24.3 Å². The molecule has 1 aromatic rings. The van der Waals surface area contributed by atoms with Gasteiger partial charge in [0.25, 0.3) is 0 Å². The Kier molecular flexibility index (Phi) is 6.08. The van der Waals surface area contributed by atoms with Crippen molar-refractivity contribution in [1.82, 2.24) is 0 Å². The highest BCUT2D eigenvalue weighted by Crippen LogP contribution is 2.14. The number of hydrogen-bond donors (Lipinski definition) is 0. The molecule has 0 N–H and O–H groups in total. The topological polar surface area (TPSA) is 26.3 Å². The van der Waals surface area contributed by atoms with Crippen LogP contribution >= 0.6 is 0 Å². The third-order valence-corrected chi connectivity index (χ3v) is 2.63. The summed E-state index contributed by atoms with van der Waals surface area (Å²) in [4.78, 5) is 11.0. The van der Waals surface area contributed by atoms with Gasteiger partial charge in [0.1, 0.15) is 5.75 Å². The molecule has 1 aromatic carbocycles. The van der Waals surface area contributed by atoms with Crippen molar-refractivity contribution in [3.05, 3.63) is 42.5 Å². The number of unbranched alkanes of at least 4 members (excludes halogenated alkanes) is 3. The Bertz CT molecular complexity index is 352. The minimum Gasteiger partial charge on any atom is -0.423 e. The molecule has 17 heavy (non-hydrogen) atoms. The predicted octanol–water partition coefficient (Wildman–Crippen LogP) is 3.90. The van der Waals surface area contributed by atoms with Gasteiger partial charge < -0.3 is 4.74 Å². The fourth-order valence-corrected chi connectivity index (χ4v) is 1.64. The molecule has 0 aliphatic carbocycles.